The Balaban J connectivity index is 2.20. The molecule has 2 aromatic carbocycles. The molecule has 0 radical (unpaired) electrons. The topological polar surface area (TPSA) is 149 Å². The molecule has 0 bridgehead atoms. The smallest absolute Gasteiger partial charge is 0.471 e. The first-order valence-corrected chi connectivity index (χ1v) is 11.4. The Hall–Kier alpha value is -4.53. The van der Waals surface area contributed by atoms with Gasteiger partial charge in [0.25, 0.3) is 0 Å². The van der Waals surface area contributed by atoms with Crippen molar-refractivity contribution in [2.75, 3.05) is 16.8 Å². The number of alkyl halides is 3. The Kier molecular flexibility index (Phi) is 9.87. The van der Waals surface area contributed by atoms with Gasteiger partial charge in [-0.05, 0) is 68.8 Å². The van der Waals surface area contributed by atoms with E-state index in [1.54, 1.807) is 63.2 Å². The zero-order valence-electron chi connectivity index (χ0n) is 20.9. The van der Waals surface area contributed by atoms with Gasteiger partial charge in [-0.15, -0.1) is 0 Å². The van der Waals surface area contributed by atoms with Crippen LogP contribution < -0.4 is 21.3 Å². The Bertz CT molecular complexity index is 1260. The first-order valence-electron chi connectivity index (χ1n) is 11.4. The number of anilines is 2. The molecule has 6 N–H and O–H groups in total. The molecule has 12 heteroatoms. The maximum Gasteiger partial charge on any atom is 0.471 e. The number of carboxylic acids is 1. The largest absolute Gasteiger partial charge is 0.481 e. The summed E-state index contributed by atoms with van der Waals surface area (Å²) in [6.45, 7) is 5.27. The molecule has 2 amide bonds. The highest BCUT2D eigenvalue weighted by molar-refractivity contribution is 6.02. The number of nitrogens with two attached hydrogens (primary N) is 1. The molecule has 0 spiro atoms. The Morgan fingerprint density at radius 1 is 1.13 bits per heavy atom. The van der Waals surface area contributed by atoms with Crippen molar-refractivity contribution in [1.82, 2.24) is 5.32 Å². The summed E-state index contributed by atoms with van der Waals surface area (Å²) in [6.07, 6.45) is -6.29. The number of rotatable bonds is 9. The number of carbonyl (C=O) groups is 3. The van der Waals surface area contributed by atoms with Crippen molar-refractivity contribution in [3.05, 3.63) is 59.2 Å². The number of nitrogens with one attached hydrogen (secondary N) is 3. The molecule has 1 unspecified atom stereocenters. The summed E-state index contributed by atoms with van der Waals surface area (Å²) in [5.74, 6) is 1.01. The van der Waals surface area contributed by atoms with Crippen LogP contribution in [0, 0.1) is 24.2 Å². The highest BCUT2D eigenvalue weighted by Gasteiger charge is 2.42. The lowest BCUT2D eigenvalue weighted by atomic mass is 10.1. The summed E-state index contributed by atoms with van der Waals surface area (Å²) in [6, 6.07) is 9.27. The van der Waals surface area contributed by atoms with E-state index in [0.717, 1.165) is 10.6 Å². The third-order valence-electron chi connectivity index (χ3n) is 5.28. The molecule has 2 aromatic rings. The van der Waals surface area contributed by atoms with Gasteiger partial charge < -0.3 is 26.4 Å². The standard InChI is InChI=1S/C26H28F3N5O4/c1-15(2)34(24(37)21(14-22(35)36)33-25(38)26(27,28)29)20-11-8-17(16(3)13-20)5-4-12-32-19-9-6-18(7-10-19)23(30)31/h6-11,13,15,21,32H,12,14H2,1-3H3,(H3,30,31)(H,33,38)(H,35,36). The Morgan fingerprint density at radius 3 is 2.26 bits per heavy atom. The van der Waals surface area contributed by atoms with E-state index in [-0.39, 0.29) is 5.84 Å². The predicted molar refractivity (Wildman–Crippen MR) is 137 cm³/mol. The van der Waals surface area contributed by atoms with Crippen molar-refractivity contribution in [3.8, 4) is 11.8 Å². The molecular weight excluding hydrogens is 503 g/mol. The normalized spacial score (nSPS) is 11.7. The minimum absolute atomic E-state index is 0.0311. The molecule has 0 saturated heterocycles. The van der Waals surface area contributed by atoms with Gasteiger partial charge in [0.2, 0.25) is 5.91 Å². The molecule has 0 aromatic heterocycles. The number of hydrogen-bond donors (Lipinski definition) is 5. The van der Waals surface area contributed by atoms with Crippen LogP contribution in [0.25, 0.3) is 0 Å². The second-order valence-corrected chi connectivity index (χ2v) is 8.57. The SMILES string of the molecule is Cc1cc(N(C(=O)C(CC(=O)O)NC(=O)C(F)(F)F)C(C)C)ccc1C#CCNc1ccc(C(=N)N)cc1. The maximum atomic E-state index is 13.1. The second-order valence-electron chi connectivity index (χ2n) is 8.57. The van der Waals surface area contributed by atoms with E-state index in [1.165, 1.54) is 5.32 Å². The number of halogens is 3. The highest BCUT2D eigenvalue weighted by Crippen LogP contribution is 2.23. The summed E-state index contributed by atoms with van der Waals surface area (Å²) in [4.78, 5) is 36.9. The number of amidine groups is 1. The predicted octanol–water partition coefficient (Wildman–Crippen LogP) is 3.01. The molecule has 0 aliphatic rings. The van der Waals surface area contributed by atoms with Gasteiger partial charge in [-0.25, -0.2) is 0 Å². The Morgan fingerprint density at radius 2 is 1.76 bits per heavy atom. The summed E-state index contributed by atoms with van der Waals surface area (Å²) < 4.78 is 38.2. The van der Waals surface area contributed by atoms with E-state index >= 15 is 0 Å². The van der Waals surface area contributed by atoms with Gasteiger partial charge in [-0.1, -0.05) is 11.8 Å². The molecule has 0 heterocycles. The van der Waals surface area contributed by atoms with E-state index < -0.39 is 42.5 Å². The third-order valence-corrected chi connectivity index (χ3v) is 5.28. The van der Waals surface area contributed by atoms with Gasteiger partial charge in [0, 0.05) is 28.5 Å². The van der Waals surface area contributed by atoms with Gasteiger partial charge in [0.1, 0.15) is 11.9 Å². The lowest BCUT2D eigenvalue weighted by Crippen LogP contribution is -2.54. The summed E-state index contributed by atoms with van der Waals surface area (Å²) in [5, 5.41) is 21.1. The molecule has 202 valence electrons. The van der Waals surface area contributed by atoms with Crippen molar-refractivity contribution in [3.63, 3.8) is 0 Å². The fourth-order valence-corrected chi connectivity index (χ4v) is 3.45. The molecule has 2 rings (SSSR count). The third kappa shape index (κ3) is 8.26. The second kappa shape index (κ2) is 12.6. The van der Waals surface area contributed by atoms with Gasteiger partial charge in [-0.2, -0.15) is 13.2 Å². The number of carbonyl (C=O) groups excluding carboxylic acids is 2. The first kappa shape index (κ1) is 29.7. The van der Waals surface area contributed by atoms with Crippen molar-refractivity contribution < 1.29 is 32.7 Å². The number of nitrogen functional groups attached to an aromatic ring is 1. The minimum Gasteiger partial charge on any atom is -0.481 e. The lowest BCUT2D eigenvalue weighted by Gasteiger charge is -2.31. The molecule has 0 saturated carbocycles. The first-order chi connectivity index (χ1) is 17.7. The highest BCUT2D eigenvalue weighted by atomic mass is 19.4. The summed E-state index contributed by atoms with van der Waals surface area (Å²) in [5.41, 5.74) is 8.45. The number of benzene rings is 2. The molecular formula is C26H28F3N5O4. The molecule has 0 aliphatic carbocycles. The summed E-state index contributed by atoms with van der Waals surface area (Å²) >= 11 is 0. The number of carboxylic acid groups (broad SMARTS) is 1. The van der Waals surface area contributed by atoms with E-state index in [0.29, 0.717) is 28.9 Å². The number of amides is 2. The van der Waals surface area contributed by atoms with Crippen LogP contribution in [0.3, 0.4) is 0 Å². The number of aliphatic carboxylic acids is 1. The van der Waals surface area contributed by atoms with Crippen molar-refractivity contribution in [2.24, 2.45) is 5.73 Å². The van der Waals surface area contributed by atoms with Crippen LogP contribution in [-0.4, -0.2) is 53.5 Å². The van der Waals surface area contributed by atoms with Crippen molar-refractivity contribution in [1.29, 1.82) is 5.41 Å². The molecule has 1 atom stereocenters. The van der Waals surface area contributed by atoms with Crippen LogP contribution >= 0.6 is 0 Å². The van der Waals surface area contributed by atoms with Gasteiger partial charge >= 0.3 is 18.1 Å². The fraction of sp³-hybridized carbons (Fsp3) is 0.308. The fourth-order valence-electron chi connectivity index (χ4n) is 3.45. The van der Waals surface area contributed by atoms with Crippen LogP contribution in [0.1, 0.15) is 37.0 Å². The van der Waals surface area contributed by atoms with Gasteiger partial charge in [-0.3, -0.25) is 19.8 Å². The zero-order chi connectivity index (χ0) is 28.6. The number of hydrogen-bond acceptors (Lipinski definition) is 5. The van der Waals surface area contributed by atoms with Crippen LogP contribution in [0.4, 0.5) is 24.5 Å². The summed E-state index contributed by atoms with van der Waals surface area (Å²) in [7, 11) is 0. The average molecular weight is 532 g/mol. The van der Waals surface area contributed by atoms with Crippen LogP contribution in [-0.2, 0) is 14.4 Å². The van der Waals surface area contributed by atoms with Crippen LogP contribution in [0.15, 0.2) is 42.5 Å². The minimum atomic E-state index is -5.27. The Labute approximate surface area is 217 Å². The average Bonchev–Trinajstić information content (AvgIpc) is 2.81. The molecule has 0 aliphatic heterocycles. The van der Waals surface area contributed by atoms with E-state index in [9.17, 15) is 27.6 Å². The number of aryl methyl sites for hydroxylation is 1. The lowest BCUT2D eigenvalue weighted by molar-refractivity contribution is -0.175. The van der Waals surface area contributed by atoms with Crippen LogP contribution in [0.2, 0.25) is 0 Å². The van der Waals surface area contributed by atoms with Gasteiger partial charge in [0.05, 0.1) is 13.0 Å². The molecule has 0 fully saturated rings. The van der Waals surface area contributed by atoms with E-state index in [2.05, 4.69) is 17.2 Å². The molecule has 38 heavy (non-hydrogen) atoms. The number of nitrogens with zero attached hydrogens (tertiary/aromatic N) is 1. The van der Waals surface area contributed by atoms with Gasteiger partial charge in [0.15, 0.2) is 0 Å². The van der Waals surface area contributed by atoms with E-state index in [1.807, 2.05) is 0 Å². The van der Waals surface area contributed by atoms with Crippen LogP contribution in [0.5, 0.6) is 0 Å². The maximum absolute atomic E-state index is 13.1. The van der Waals surface area contributed by atoms with Crippen molar-refractivity contribution in [2.45, 2.75) is 45.5 Å². The van der Waals surface area contributed by atoms with Crippen molar-refractivity contribution >= 4 is 35.0 Å². The quantitative estimate of drug-likeness (QED) is 0.191. The molecule has 9 nitrogen and oxygen atoms in total. The van der Waals surface area contributed by atoms with E-state index in [4.69, 9.17) is 16.2 Å². The zero-order valence-corrected chi connectivity index (χ0v) is 20.9. The monoisotopic (exact) mass is 531 g/mol.